The number of nitrogens with two attached hydrogens (primary N) is 1. The Morgan fingerprint density at radius 3 is 2.72 bits per heavy atom. The molecule has 1 aromatic rings. The fraction of sp³-hybridized carbons (Fsp3) is 0.500. The zero-order valence-electron chi connectivity index (χ0n) is 10.3. The van der Waals surface area contributed by atoms with E-state index < -0.39 is 0 Å². The molecule has 0 spiro atoms. The first-order valence-corrected chi connectivity index (χ1v) is 7.17. The van der Waals surface area contributed by atoms with Gasteiger partial charge in [-0.3, -0.25) is 0 Å². The molecule has 0 atom stereocenters. The predicted octanol–water partition coefficient (Wildman–Crippen LogP) is 3.93. The van der Waals surface area contributed by atoms with Gasteiger partial charge in [0.25, 0.3) is 0 Å². The maximum absolute atomic E-state index is 5.94. The Morgan fingerprint density at radius 2 is 2.06 bits per heavy atom. The Kier molecular flexibility index (Phi) is 4.84. The molecule has 1 aliphatic carbocycles. The van der Waals surface area contributed by atoms with Crippen molar-refractivity contribution in [1.82, 2.24) is 0 Å². The summed E-state index contributed by atoms with van der Waals surface area (Å²) in [6.45, 7) is 0.747. The first kappa shape index (κ1) is 13.6. The summed E-state index contributed by atoms with van der Waals surface area (Å²) in [6.07, 6.45) is 6.51. The Hall–Kier alpha value is -0.800. The summed E-state index contributed by atoms with van der Waals surface area (Å²) >= 11 is 11.0. The van der Waals surface area contributed by atoms with Crippen molar-refractivity contribution in [3.8, 4) is 5.75 Å². The number of hydrogen-bond acceptors (Lipinski definition) is 2. The lowest BCUT2D eigenvalue weighted by Gasteiger charge is -2.22. The van der Waals surface area contributed by atoms with E-state index in [0.717, 1.165) is 17.9 Å². The number of benzene rings is 1. The molecule has 2 N–H and O–H groups in total. The standard InChI is InChI=1S/C14H18ClNOS/c15-11-6-7-13(12(8-11)14(16)18)17-9-10-4-2-1-3-5-10/h6-8,10H,1-5,9H2,(H2,16,18). The third-order valence-electron chi connectivity index (χ3n) is 3.41. The van der Waals surface area contributed by atoms with E-state index in [0.29, 0.717) is 15.9 Å². The molecule has 0 radical (unpaired) electrons. The van der Waals surface area contributed by atoms with E-state index in [1.807, 2.05) is 6.07 Å². The minimum absolute atomic E-state index is 0.330. The SMILES string of the molecule is NC(=S)c1cc(Cl)ccc1OCC1CCCCC1. The highest BCUT2D eigenvalue weighted by atomic mass is 35.5. The first-order chi connectivity index (χ1) is 8.66. The molecule has 0 aliphatic heterocycles. The minimum Gasteiger partial charge on any atom is -0.493 e. The van der Waals surface area contributed by atoms with Crippen molar-refractivity contribution < 1.29 is 4.74 Å². The van der Waals surface area contributed by atoms with Gasteiger partial charge in [-0.1, -0.05) is 43.1 Å². The zero-order chi connectivity index (χ0) is 13.0. The molecule has 1 fully saturated rings. The monoisotopic (exact) mass is 283 g/mol. The largest absolute Gasteiger partial charge is 0.493 e. The van der Waals surface area contributed by atoms with E-state index in [9.17, 15) is 0 Å². The van der Waals surface area contributed by atoms with Crippen LogP contribution in [0.2, 0.25) is 5.02 Å². The van der Waals surface area contributed by atoms with Crippen molar-refractivity contribution in [1.29, 1.82) is 0 Å². The fourth-order valence-electron chi connectivity index (χ4n) is 2.38. The van der Waals surface area contributed by atoms with Crippen LogP contribution >= 0.6 is 23.8 Å². The normalized spacial score (nSPS) is 16.5. The molecule has 0 aromatic heterocycles. The van der Waals surface area contributed by atoms with Crippen LogP contribution in [-0.2, 0) is 0 Å². The molecule has 98 valence electrons. The van der Waals surface area contributed by atoms with Crippen LogP contribution in [-0.4, -0.2) is 11.6 Å². The maximum Gasteiger partial charge on any atom is 0.129 e. The summed E-state index contributed by atoms with van der Waals surface area (Å²) in [6, 6.07) is 5.42. The second-order valence-electron chi connectivity index (χ2n) is 4.82. The lowest BCUT2D eigenvalue weighted by atomic mass is 9.90. The van der Waals surface area contributed by atoms with Crippen LogP contribution in [0.4, 0.5) is 0 Å². The van der Waals surface area contributed by atoms with Crippen molar-refractivity contribution in [2.45, 2.75) is 32.1 Å². The van der Waals surface area contributed by atoms with Crippen LogP contribution in [0, 0.1) is 5.92 Å². The Labute approximate surface area is 118 Å². The third-order valence-corrected chi connectivity index (χ3v) is 3.86. The molecule has 0 heterocycles. The molecule has 0 bridgehead atoms. The summed E-state index contributed by atoms with van der Waals surface area (Å²) in [5, 5.41) is 0.628. The second kappa shape index (κ2) is 6.39. The van der Waals surface area contributed by atoms with Crippen LogP contribution in [0.15, 0.2) is 18.2 Å². The molecule has 1 aromatic carbocycles. The van der Waals surface area contributed by atoms with Gasteiger partial charge >= 0.3 is 0 Å². The quantitative estimate of drug-likeness (QED) is 0.850. The van der Waals surface area contributed by atoms with Gasteiger partial charge in [-0.15, -0.1) is 0 Å². The van der Waals surface area contributed by atoms with E-state index in [1.54, 1.807) is 12.1 Å². The van der Waals surface area contributed by atoms with E-state index in [1.165, 1.54) is 32.1 Å². The third kappa shape index (κ3) is 3.59. The number of hydrogen-bond donors (Lipinski definition) is 1. The molecule has 18 heavy (non-hydrogen) atoms. The predicted molar refractivity (Wildman–Crippen MR) is 79.4 cm³/mol. The van der Waals surface area contributed by atoms with Crippen LogP contribution in [0.25, 0.3) is 0 Å². The van der Waals surface area contributed by atoms with Gasteiger partial charge in [-0.05, 0) is 37.0 Å². The summed E-state index contributed by atoms with van der Waals surface area (Å²) in [5.41, 5.74) is 6.41. The molecule has 1 saturated carbocycles. The smallest absolute Gasteiger partial charge is 0.129 e. The molecule has 1 aliphatic rings. The van der Waals surface area contributed by atoms with E-state index in [2.05, 4.69) is 0 Å². The van der Waals surface area contributed by atoms with Gasteiger partial charge in [-0.25, -0.2) is 0 Å². The summed E-state index contributed by atoms with van der Waals surface area (Å²) < 4.78 is 5.87. The van der Waals surface area contributed by atoms with Gasteiger partial charge in [0.05, 0.1) is 12.2 Å². The van der Waals surface area contributed by atoms with Crippen LogP contribution < -0.4 is 10.5 Å². The highest BCUT2D eigenvalue weighted by Gasteiger charge is 2.15. The molecule has 0 amide bonds. The average molecular weight is 284 g/mol. The average Bonchev–Trinajstić information content (AvgIpc) is 2.38. The summed E-state index contributed by atoms with van der Waals surface area (Å²) in [5.74, 6) is 1.41. The number of ether oxygens (including phenoxy) is 1. The van der Waals surface area contributed by atoms with Crippen molar-refractivity contribution >= 4 is 28.8 Å². The van der Waals surface area contributed by atoms with Crippen LogP contribution in [0.1, 0.15) is 37.7 Å². The molecule has 2 nitrogen and oxygen atoms in total. The highest BCUT2D eigenvalue weighted by Crippen LogP contribution is 2.27. The van der Waals surface area contributed by atoms with E-state index >= 15 is 0 Å². The Balaban J connectivity index is 2.01. The first-order valence-electron chi connectivity index (χ1n) is 6.39. The summed E-state index contributed by atoms with van der Waals surface area (Å²) in [7, 11) is 0. The molecule has 0 unspecified atom stereocenters. The number of thiocarbonyl (C=S) groups is 1. The summed E-state index contributed by atoms with van der Waals surface area (Å²) in [4.78, 5) is 0.330. The molecule has 2 rings (SSSR count). The maximum atomic E-state index is 5.94. The number of halogens is 1. The van der Waals surface area contributed by atoms with Crippen molar-refractivity contribution in [2.24, 2.45) is 11.7 Å². The van der Waals surface area contributed by atoms with Gasteiger partial charge in [0, 0.05) is 5.02 Å². The Morgan fingerprint density at radius 1 is 1.33 bits per heavy atom. The molecule has 4 heteroatoms. The van der Waals surface area contributed by atoms with Crippen LogP contribution in [0.5, 0.6) is 5.75 Å². The van der Waals surface area contributed by atoms with Gasteiger partial charge in [0.1, 0.15) is 10.7 Å². The zero-order valence-corrected chi connectivity index (χ0v) is 11.9. The van der Waals surface area contributed by atoms with E-state index in [4.69, 9.17) is 34.3 Å². The molecular weight excluding hydrogens is 266 g/mol. The molecular formula is C14H18ClNOS. The lowest BCUT2D eigenvalue weighted by Crippen LogP contribution is -2.17. The minimum atomic E-state index is 0.330. The van der Waals surface area contributed by atoms with Crippen molar-refractivity contribution in [3.05, 3.63) is 28.8 Å². The fourth-order valence-corrected chi connectivity index (χ4v) is 2.71. The van der Waals surface area contributed by atoms with Crippen molar-refractivity contribution in [3.63, 3.8) is 0 Å². The van der Waals surface area contributed by atoms with Gasteiger partial charge in [-0.2, -0.15) is 0 Å². The topological polar surface area (TPSA) is 35.2 Å². The van der Waals surface area contributed by atoms with Crippen LogP contribution in [0.3, 0.4) is 0 Å². The van der Waals surface area contributed by atoms with Gasteiger partial charge < -0.3 is 10.5 Å². The Bertz CT molecular complexity index is 430. The second-order valence-corrected chi connectivity index (χ2v) is 5.70. The van der Waals surface area contributed by atoms with Gasteiger partial charge in [0.15, 0.2) is 0 Å². The molecule has 0 saturated heterocycles. The van der Waals surface area contributed by atoms with Crippen molar-refractivity contribution in [2.75, 3.05) is 6.61 Å². The number of rotatable bonds is 4. The lowest BCUT2D eigenvalue weighted by molar-refractivity contribution is 0.208. The highest BCUT2D eigenvalue weighted by molar-refractivity contribution is 7.80. The van der Waals surface area contributed by atoms with E-state index in [-0.39, 0.29) is 0 Å². The van der Waals surface area contributed by atoms with Gasteiger partial charge in [0.2, 0.25) is 0 Å².